The van der Waals surface area contributed by atoms with E-state index in [0.717, 1.165) is 19.5 Å². The van der Waals surface area contributed by atoms with Crippen molar-refractivity contribution >= 4 is 15.8 Å². The first-order chi connectivity index (χ1) is 10.5. The molecular formula is C16H27N3O2S. The molecule has 1 rings (SSSR count). The van der Waals surface area contributed by atoms with Gasteiger partial charge in [0, 0.05) is 19.6 Å². The summed E-state index contributed by atoms with van der Waals surface area (Å²) >= 11 is 0. The molecule has 0 atom stereocenters. The summed E-state index contributed by atoms with van der Waals surface area (Å²) in [5.74, 6) is 1.32. The fraction of sp³-hybridized carbons (Fsp3) is 0.562. The van der Waals surface area contributed by atoms with E-state index in [1.807, 2.05) is 13.0 Å². The number of nitrogens with one attached hydrogen (secondary N) is 2. The first kappa shape index (κ1) is 18.5. The number of nitrogens with zero attached hydrogens (tertiary/aromatic N) is 1. The Balaban J connectivity index is 2.52. The molecule has 0 aliphatic carbocycles. The minimum Gasteiger partial charge on any atom is -0.357 e. The average Bonchev–Trinajstić information content (AvgIpc) is 2.47. The van der Waals surface area contributed by atoms with Gasteiger partial charge in [0.2, 0.25) is 0 Å². The molecule has 0 aliphatic heterocycles. The molecule has 0 aromatic heterocycles. The fourth-order valence-corrected chi connectivity index (χ4v) is 3.00. The molecule has 124 valence electrons. The van der Waals surface area contributed by atoms with Crippen LogP contribution in [-0.4, -0.2) is 39.8 Å². The largest absolute Gasteiger partial charge is 0.357 e. The molecule has 2 N–H and O–H groups in total. The molecule has 0 aliphatic rings. The van der Waals surface area contributed by atoms with Crippen LogP contribution in [0.4, 0.5) is 0 Å². The smallest absolute Gasteiger partial charge is 0.191 e. The summed E-state index contributed by atoms with van der Waals surface area (Å²) in [5, 5.41) is 6.21. The maximum absolute atomic E-state index is 12.2. The average molecular weight is 325 g/mol. The molecule has 0 amide bonds. The van der Waals surface area contributed by atoms with E-state index in [0.29, 0.717) is 23.3 Å². The summed E-state index contributed by atoms with van der Waals surface area (Å²) < 4.78 is 24.3. The van der Waals surface area contributed by atoms with E-state index in [1.165, 1.54) is 0 Å². The molecular weight excluding hydrogens is 298 g/mol. The number of sulfone groups is 1. The van der Waals surface area contributed by atoms with Gasteiger partial charge in [-0.15, -0.1) is 0 Å². The molecule has 0 radical (unpaired) electrons. The van der Waals surface area contributed by atoms with E-state index < -0.39 is 9.84 Å². The zero-order chi connectivity index (χ0) is 16.4. The topological polar surface area (TPSA) is 70.6 Å². The van der Waals surface area contributed by atoms with Crippen LogP contribution < -0.4 is 10.6 Å². The first-order valence-corrected chi connectivity index (χ1v) is 9.41. The minimum atomic E-state index is -3.25. The van der Waals surface area contributed by atoms with E-state index in [2.05, 4.69) is 29.5 Å². The zero-order valence-corrected chi connectivity index (χ0v) is 14.5. The van der Waals surface area contributed by atoms with E-state index in [4.69, 9.17) is 0 Å². The van der Waals surface area contributed by atoms with Crippen LogP contribution in [0.5, 0.6) is 0 Å². The molecule has 0 saturated heterocycles. The molecule has 5 nitrogen and oxygen atoms in total. The van der Waals surface area contributed by atoms with Crippen molar-refractivity contribution in [3.63, 3.8) is 0 Å². The van der Waals surface area contributed by atoms with Crippen LogP contribution in [-0.2, 0) is 9.84 Å². The highest BCUT2D eigenvalue weighted by Gasteiger charge is 2.13. The van der Waals surface area contributed by atoms with Gasteiger partial charge in [-0.2, -0.15) is 0 Å². The van der Waals surface area contributed by atoms with Gasteiger partial charge in [0.25, 0.3) is 0 Å². The SMILES string of the molecule is CCNC(=NCCC(C)C)NCCS(=O)(=O)c1ccccc1. The van der Waals surface area contributed by atoms with Crippen LogP contribution in [0, 0.1) is 5.92 Å². The van der Waals surface area contributed by atoms with Gasteiger partial charge in [0.1, 0.15) is 0 Å². The number of rotatable bonds is 8. The maximum Gasteiger partial charge on any atom is 0.191 e. The third-order valence-corrected chi connectivity index (χ3v) is 4.82. The molecule has 0 unspecified atom stereocenters. The molecule has 0 saturated carbocycles. The molecule has 6 heteroatoms. The van der Waals surface area contributed by atoms with Gasteiger partial charge in [0.15, 0.2) is 15.8 Å². The molecule has 0 bridgehead atoms. The van der Waals surface area contributed by atoms with E-state index in [1.54, 1.807) is 24.3 Å². The fourth-order valence-electron chi connectivity index (χ4n) is 1.83. The number of hydrogen-bond acceptors (Lipinski definition) is 3. The second-order valence-corrected chi connectivity index (χ2v) is 7.61. The van der Waals surface area contributed by atoms with Crippen LogP contribution in [0.2, 0.25) is 0 Å². The van der Waals surface area contributed by atoms with E-state index in [-0.39, 0.29) is 5.75 Å². The number of hydrogen-bond donors (Lipinski definition) is 2. The standard InChI is InChI=1S/C16H27N3O2S/c1-4-17-16(18-11-10-14(2)3)19-12-13-22(20,21)15-8-6-5-7-9-15/h5-9,14H,4,10-13H2,1-3H3,(H2,17,18,19). The Morgan fingerprint density at radius 3 is 2.45 bits per heavy atom. The molecule has 0 spiro atoms. The molecule has 1 aromatic rings. The summed E-state index contributed by atoms with van der Waals surface area (Å²) in [6.45, 7) is 8.12. The van der Waals surface area contributed by atoms with Crippen molar-refractivity contribution in [3.8, 4) is 0 Å². The summed E-state index contributed by atoms with van der Waals surface area (Å²) in [5.41, 5.74) is 0. The van der Waals surface area contributed by atoms with Crippen molar-refractivity contribution in [1.29, 1.82) is 0 Å². The van der Waals surface area contributed by atoms with Crippen LogP contribution in [0.25, 0.3) is 0 Å². The Morgan fingerprint density at radius 1 is 1.18 bits per heavy atom. The van der Waals surface area contributed by atoms with E-state index in [9.17, 15) is 8.42 Å². The van der Waals surface area contributed by atoms with E-state index >= 15 is 0 Å². The highest BCUT2D eigenvalue weighted by atomic mass is 32.2. The summed E-state index contributed by atoms with van der Waals surface area (Å²) in [6, 6.07) is 8.52. The molecule has 22 heavy (non-hydrogen) atoms. The second kappa shape index (κ2) is 9.46. The second-order valence-electron chi connectivity index (χ2n) is 5.50. The minimum absolute atomic E-state index is 0.0472. The summed E-state index contributed by atoms with van der Waals surface area (Å²) in [6.07, 6.45) is 1.01. The van der Waals surface area contributed by atoms with Crippen molar-refractivity contribution in [1.82, 2.24) is 10.6 Å². The predicted molar refractivity (Wildman–Crippen MR) is 91.9 cm³/mol. The van der Waals surface area contributed by atoms with Gasteiger partial charge < -0.3 is 10.6 Å². The van der Waals surface area contributed by atoms with Crippen LogP contribution in [0.15, 0.2) is 40.2 Å². The van der Waals surface area contributed by atoms with Crippen LogP contribution in [0.1, 0.15) is 27.2 Å². The van der Waals surface area contributed by atoms with Crippen LogP contribution in [0.3, 0.4) is 0 Å². The van der Waals surface area contributed by atoms with Crippen LogP contribution >= 0.6 is 0 Å². The third-order valence-electron chi connectivity index (χ3n) is 3.09. The van der Waals surface area contributed by atoms with Gasteiger partial charge in [-0.05, 0) is 31.4 Å². The Labute approximate surface area is 134 Å². The summed E-state index contributed by atoms with van der Waals surface area (Å²) in [7, 11) is -3.25. The van der Waals surface area contributed by atoms with Crippen molar-refractivity contribution in [2.75, 3.05) is 25.4 Å². The lowest BCUT2D eigenvalue weighted by molar-refractivity contribution is 0.592. The predicted octanol–water partition coefficient (Wildman–Crippen LogP) is 2.06. The number of benzene rings is 1. The number of guanidine groups is 1. The lowest BCUT2D eigenvalue weighted by atomic mass is 10.1. The Morgan fingerprint density at radius 2 is 1.86 bits per heavy atom. The zero-order valence-electron chi connectivity index (χ0n) is 13.7. The molecule has 1 aromatic carbocycles. The summed E-state index contributed by atoms with van der Waals surface area (Å²) in [4.78, 5) is 4.81. The Hall–Kier alpha value is -1.56. The molecule has 0 heterocycles. The quantitative estimate of drug-likeness (QED) is 0.567. The number of aliphatic imine (C=N–C) groups is 1. The third kappa shape index (κ3) is 6.93. The van der Waals surface area contributed by atoms with Crippen molar-refractivity contribution < 1.29 is 8.42 Å². The van der Waals surface area contributed by atoms with Crippen molar-refractivity contribution in [2.24, 2.45) is 10.9 Å². The highest BCUT2D eigenvalue weighted by Crippen LogP contribution is 2.09. The Kier molecular flexibility index (Phi) is 7.95. The Bertz CT molecular complexity index is 554. The van der Waals surface area contributed by atoms with Gasteiger partial charge in [-0.3, -0.25) is 4.99 Å². The maximum atomic E-state index is 12.2. The molecule has 0 fully saturated rings. The van der Waals surface area contributed by atoms with Gasteiger partial charge in [-0.25, -0.2) is 8.42 Å². The van der Waals surface area contributed by atoms with Crippen molar-refractivity contribution in [3.05, 3.63) is 30.3 Å². The van der Waals surface area contributed by atoms with Gasteiger partial charge in [0.05, 0.1) is 10.6 Å². The lowest BCUT2D eigenvalue weighted by Crippen LogP contribution is -2.39. The monoisotopic (exact) mass is 325 g/mol. The highest BCUT2D eigenvalue weighted by molar-refractivity contribution is 7.91. The van der Waals surface area contributed by atoms with Crippen molar-refractivity contribution in [2.45, 2.75) is 32.1 Å². The lowest BCUT2D eigenvalue weighted by Gasteiger charge is -2.12. The normalized spacial score (nSPS) is 12.5. The first-order valence-electron chi connectivity index (χ1n) is 7.75. The van der Waals surface area contributed by atoms with Gasteiger partial charge in [-0.1, -0.05) is 32.0 Å². The van der Waals surface area contributed by atoms with Gasteiger partial charge >= 0.3 is 0 Å².